The molecule has 0 spiro atoms. The molecule has 1 atom stereocenters. The number of aromatic nitrogens is 1. The van der Waals surface area contributed by atoms with Gasteiger partial charge in [-0.05, 0) is 48.4 Å². The van der Waals surface area contributed by atoms with Crippen LogP contribution in [0.5, 0.6) is 5.75 Å². The Morgan fingerprint density at radius 2 is 1.77 bits per heavy atom. The molecule has 6 heteroatoms. The average Bonchev–Trinajstić information content (AvgIpc) is 3.05. The quantitative estimate of drug-likeness (QED) is 0.373. The number of rotatable bonds is 6. The first-order chi connectivity index (χ1) is 15.1. The van der Waals surface area contributed by atoms with Gasteiger partial charge in [0.25, 0.3) is 11.7 Å². The largest absolute Gasteiger partial charge is 0.507 e. The number of carbonyl (C=O) groups excluding carboxylic acids is 2. The normalized spacial score (nSPS) is 17.7. The summed E-state index contributed by atoms with van der Waals surface area (Å²) in [5, 5.41) is 11.1. The van der Waals surface area contributed by atoms with Crippen LogP contribution in [0, 0.1) is 0 Å². The molecule has 6 nitrogen and oxygen atoms in total. The number of benzene rings is 2. The first kappa shape index (κ1) is 20.3. The number of hydrogen-bond donors (Lipinski definition) is 1. The fraction of sp³-hybridized carbons (Fsp3) is 0.160. The highest BCUT2D eigenvalue weighted by Crippen LogP contribution is 2.40. The maximum Gasteiger partial charge on any atom is 0.295 e. The minimum absolute atomic E-state index is 0.0538. The number of hydrogen-bond acceptors (Lipinski definition) is 5. The van der Waals surface area contributed by atoms with Gasteiger partial charge >= 0.3 is 0 Å². The summed E-state index contributed by atoms with van der Waals surface area (Å²) in [5.74, 6) is -0.917. The van der Waals surface area contributed by atoms with Crippen LogP contribution in [-0.2, 0) is 16.1 Å². The van der Waals surface area contributed by atoms with E-state index < -0.39 is 17.7 Å². The third kappa shape index (κ3) is 4.05. The molecule has 31 heavy (non-hydrogen) atoms. The summed E-state index contributed by atoms with van der Waals surface area (Å²) in [7, 11) is 0. The molecule has 1 aliphatic heterocycles. The molecule has 3 aromatic rings. The van der Waals surface area contributed by atoms with Crippen molar-refractivity contribution in [2.75, 3.05) is 6.61 Å². The minimum atomic E-state index is -0.736. The third-order valence-corrected chi connectivity index (χ3v) is 5.17. The molecule has 1 N–H and O–H groups in total. The molecule has 156 valence electrons. The Balaban J connectivity index is 1.80. The summed E-state index contributed by atoms with van der Waals surface area (Å²) in [5.41, 5.74) is 2.04. The predicted octanol–water partition coefficient (Wildman–Crippen LogP) is 4.10. The second-order valence-corrected chi connectivity index (χ2v) is 7.16. The van der Waals surface area contributed by atoms with Crippen LogP contribution < -0.4 is 4.74 Å². The lowest BCUT2D eigenvalue weighted by molar-refractivity contribution is -0.140. The molecule has 1 aliphatic rings. The van der Waals surface area contributed by atoms with Crippen LogP contribution >= 0.6 is 0 Å². The molecule has 2 aromatic carbocycles. The van der Waals surface area contributed by atoms with Gasteiger partial charge in [0.05, 0.1) is 18.2 Å². The van der Waals surface area contributed by atoms with Crippen molar-refractivity contribution in [2.45, 2.75) is 19.5 Å². The molecule has 0 aliphatic carbocycles. The monoisotopic (exact) mass is 414 g/mol. The van der Waals surface area contributed by atoms with E-state index in [0.717, 1.165) is 5.56 Å². The number of carbonyl (C=O) groups is 2. The topological polar surface area (TPSA) is 79.7 Å². The number of nitrogens with zero attached hydrogens (tertiary/aromatic N) is 2. The number of ether oxygens (including phenoxy) is 1. The van der Waals surface area contributed by atoms with Crippen LogP contribution in [0.1, 0.15) is 29.7 Å². The molecule has 1 aromatic heterocycles. The third-order valence-electron chi connectivity index (χ3n) is 5.17. The SMILES string of the molecule is CCOc1ccc(C(O)=C2C(=O)C(=O)N(Cc3ccccc3)C2c2cccnc2)cc1. The fourth-order valence-corrected chi connectivity index (χ4v) is 3.74. The molecule has 1 unspecified atom stereocenters. The fourth-order valence-electron chi connectivity index (χ4n) is 3.74. The number of likely N-dealkylation sites (tertiary alicyclic amines) is 1. The van der Waals surface area contributed by atoms with E-state index in [1.165, 1.54) is 4.90 Å². The van der Waals surface area contributed by atoms with E-state index in [1.54, 1.807) is 48.8 Å². The second-order valence-electron chi connectivity index (χ2n) is 7.16. The number of ketones is 1. The summed E-state index contributed by atoms with van der Waals surface area (Å²) >= 11 is 0. The number of Topliss-reactive ketones (excluding diaryl/α,β-unsaturated/α-hetero) is 1. The summed E-state index contributed by atoms with van der Waals surface area (Å²) in [6.07, 6.45) is 3.24. The highest BCUT2D eigenvalue weighted by molar-refractivity contribution is 6.46. The standard InChI is InChI=1S/C25H22N2O4/c1-2-31-20-12-10-18(11-13-20)23(28)21-22(19-9-6-14-26-15-19)27(25(30)24(21)29)16-17-7-4-3-5-8-17/h3-15,22,28H,2,16H2,1H3. The van der Waals surface area contributed by atoms with Gasteiger partial charge in [-0.25, -0.2) is 0 Å². The highest BCUT2D eigenvalue weighted by Gasteiger charge is 2.46. The van der Waals surface area contributed by atoms with Gasteiger partial charge < -0.3 is 14.7 Å². The van der Waals surface area contributed by atoms with Crippen LogP contribution in [0.25, 0.3) is 5.76 Å². The van der Waals surface area contributed by atoms with Gasteiger partial charge in [0.2, 0.25) is 0 Å². The van der Waals surface area contributed by atoms with Crippen LogP contribution in [0.4, 0.5) is 0 Å². The highest BCUT2D eigenvalue weighted by atomic mass is 16.5. The van der Waals surface area contributed by atoms with E-state index >= 15 is 0 Å². The van der Waals surface area contributed by atoms with Gasteiger partial charge in [0.1, 0.15) is 11.5 Å². The van der Waals surface area contributed by atoms with Gasteiger partial charge in [-0.15, -0.1) is 0 Å². The van der Waals surface area contributed by atoms with Crippen LogP contribution in [0.15, 0.2) is 84.7 Å². The Morgan fingerprint density at radius 1 is 1.03 bits per heavy atom. The van der Waals surface area contributed by atoms with E-state index in [0.29, 0.717) is 23.5 Å². The molecular weight excluding hydrogens is 392 g/mol. The van der Waals surface area contributed by atoms with E-state index in [9.17, 15) is 14.7 Å². The molecule has 1 saturated heterocycles. The van der Waals surface area contributed by atoms with Gasteiger partial charge in [-0.2, -0.15) is 0 Å². The van der Waals surface area contributed by atoms with Crippen LogP contribution in [0.3, 0.4) is 0 Å². The summed E-state index contributed by atoms with van der Waals surface area (Å²) in [6.45, 7) is 2.65. The zero-order valence-electron chi connectivity index (χ0n) is 17.1. The number of aliphatic hydroxyl groups excluding tert-OH is 1. The Bertz CT molecular complexity index is 1110. The molecule has 1 fully saturated rings. The van der Waals surface area contributed by atoms with Crippen molar-refractivity contribution in [3.63, 3.8) is 0 Å². The molecule has 4 rings (SSSR count). The van der Waals surface area contributed by atoms with Crippen LogP contribution in [-0.4, -0.2) is 33.3 Å². The lowest BCUT2D eigenvalue weighted by atomic mass is 9.96. The van der Waals surface area contributed by atoms with Crippen molar-refractivity contribution >= 4 is 17.4 Å². The Kier molecular flexibility index (Phi) is 5.80. The first-order valence-electron chi connectivity index (χ1n) is 10.1. The summed E-state index contributed by atoms with van der Waals surface area (Å²) in [6, 6.07) is 19.0. The molecule has 0 saturated carbocycles. The zero-order chi connectivity index (χ0) is 21.8. The lowest BCUT2D eigenvalue weighted by Crippen LogP contribution is -2.29. The Morgan fingerprint density at radius 3 is 2.42 bits per heavy atom. The molecule has 0 bridgehead atoms. The van der Waals surface area contributed by atoms with E-state index in [2.05, 4.69) is 4.98 Å². The number of amides is 1. The lowest BCUT2D eigenvalue weighted by Gasteiger charge is -2.25. The second kappa shape index (κ2) is 8.83. The number of aliphatic hydroxyl groups is 1. The van der Waals surface area contributed by atoms with Gasteiger partial charge in [0.15, 0.2) is 0 Å². The summed E-state index contributed by atoms with van der Waals surface area (Å²) in [4.78, 5) is 31.6. The molecular formula is C25H22N2O4. The maximum absolute atomic E-state index is 13.0. The minimum Gasteiger partial charge on any atom is -0.507 e. The predicted molar refractivity (Wildman–Crippen MR) is 116 cm³/mol. The van der Waals surface area contributed by atoms with E-state index in [-0.39, 0.29) is 17.9 Å². The number of pyridine rings is 1. The molecule has 1 amide bonds. The van der Waals surface area contributed by atoms with Crippen molar-refractivity contribution in [1.82, 2.24) is 9.88 Å². The van der Waals surface area contributed by atoms with Crippen molar-refractivity contribution < 1.29 is 19.4 Å². The van der Waals surface area contributed by atoms with E-state index in [1.807, 2.05) is 37.3 Å². The zero-order valence-corrected chi connectivity index (χ0v) is 17.1. The van der Waals surface area contributed by atoms with E-state index in [4.69, 9.17) is 4.74 Å². The van der Waals surface area contributed by atoms with Gasteiger partial charge in [-0.1, -0.05) is 36.4 Å². The van der Waals surface area contributed by atoms with Crippen molar-refractivity contribution in [2.24, 2.45) is 0 Å². The smallest absolute Gasteiger partial charge is 0.295 e. The van der Waals surface area contributed by atoms with Gasteiger partial charge in [0, 0.05) is 24.5 Å². The Labute approximate surface area is 180 Å². The van der Waals surface area contributed by atoms with Crippen molar-refractivity contribution in [3.05, 3.63) is 101 Å². The maximum atomic E-state index is 13.0. The Hall–Kier alpha value is -3.93. The molecule has 0 radical (unpaired) electrons. The van der Waals surface area contributed by atoms with Crippen molar-refractivity contribution in [1.29, 1.82) is 0 Å². The molecule has 2 heterocycles. The first-order valence-corrected chi connectivity index (χ1v) is 10.1. The average molecular weight is 414 g/mol. The van der Waals surface area contributed by atoms with Gasteiger partial charge in [-0.3, -0.25) is 14.6 Å². The van der Waals surface area contributed by atoms with Crippen molar-refractivity contribution in [3.8, 4) is 5.75 Å². The summed E-state index contributed by atoms with van der Waals surface area (Å²) < 4.78 is 5.44. The van der Waals surface area contributed by atoms with Crippen LogP contribution in [0.2, 0.25) is 0 Å².